The highest BCUT2D eigenvalue weighted by atomic mass is 16.3. The lowest BCUT2D eigenvalue weighted by Gasteiger charge is -2.36. The van der Waals surface area contributed by atoms with Gasteiger partial charge in [-0.15, -0.1) is 6.58 Å². The molecule has 2 N–H and O–H groups in total. The molecule has 3 nitrogen and oxygen atoms in total. The van der Waals surface area contributed by atoms with Crippen LogP contribution in [0.1, 0.15) is 20.3 Å². The Morgan fingerprint density at radius 3 is 2.93 bits per heavy atom. The molecule has 14 heavy (non-hydrogen) atoms. The van der Waals surface area contributed by atoms with Crippen LogP contribution in [0.15, 0.2) is 12.7 Å². The summed E-state index contributed by atoms with van der Waals surface area (Å²) in [6.07, 6.45) is 3.04. The van der Waals surface area contributed by atoms with Crippen molar-refractivity contribution in [3.63, 3.8) is 0 Å². The third-order valence-corrected chi connectivity index (χ3v) is 3.04. The maximum absolute atomic E-state index is 9.16. The van der Waals surface area contributed by atoms with Gasteiger partial charge < -0.3 is 10.4 Å². The second kappa shape index (κ2) is 4.91. The molecule has 0 aromatic heterocycles. The van der Waals surface area contributed by atoms with E-state index in [1.807, 2.05) is 6.08 Å². The molecule has 0 aromatic rings. The first kappa shape index (κ1) is 11.7. The molecule has 1 rings (SSSR count). The number of nitrogens with one attached hydrogen (secondary N) is 1. The fraction of sp³-hybridized carbons (Fsp3) is 0.818. The first-order valence-electron chi connectivity index (χ1n) is 5.30. The molecule has 0 aromatic carbocycles. The lowest BCUT2D eigenvalue weighted by atomic mass is 9.98. The van der Waals surface area contributed by atoms with E-state index in [-0.39, 0.29) is 18.2 Å². The average Bonchev–Trinajstić information content (AvgIpc) is 2.27. The second-order valence-electron chi connectivity index (χ2n) is 4.59. The minimum Gasteiger partial charge on any atom is -0.395 e. The van der Waals surface area contributed by atoms with Crippen LogP contribution >= 0.6 is 0 Å². The number of hydrogen-bond acceptors (Lipinski definition) is 3. The largest absolute Gasteiger partial charge is 0.395 e. The van der Waals surface area contributed by atoms with Crippen LogP contribution in [0.5, 0.6) is 0 Å². The molecule has 1 fully saturated rings. The van der Waals surface area contributed by atoms with Crippen LogP contribution in [-0.4, -0.2) is 47.8 Å². The first-order chi connectivity index (χ1) is 6.60. The Hall–Kier alpha value is -0.380. The Kier molecular flexibility index (Phi) is 4.11. The van der Waals surface area contributed by atoms with E-state index in [0.29, 0.717) is 0 Å². The summed E-state index contributed by atoms with van der Waals surface area (Å²) in [7, 11) is 0. The van der Waals surface area contributed by atoms with Crippen molar-refractivity contribution in [2.24, 2.45) is 0 Å². The van der Waals surface area contributed by atoms with E-state index in [1.165, 1.54) is 0 Å². The molecule has 1 saturated heterocycles. The summed E-state index contributed by atoms with van der Waals surface area (Å²) in [5.41, 5.74) is 0.200. The van der Waals surface area contributed by atoms with Gasteiger partial charge in [0.1, 0.15) is 0 Å². The van der Waals surface area contributed by atoms with Crippen molar-refractivity contribution in [1.29, 1.82) is 0 Å². The standard InChI is InChI=1S/C11H22N2O/c1-4-7-13-8-10(9-14)12-6-5-11(13,2)3/h4,10,12,14H,1,5-9H2,2-3H3. The minimum atomic E-state index is 0.200. The Labute approximate surface area is 86.8 Å². The number of rotatable bonds is 3. The van der Waals surface area contributed by atoms with Crippen LogP contribution in [0.4, 0.5) is 0 Å². The highest BCUT2D eigenvalue weighted by Gasteiger charge is 2.30. The van der Waals surface area contributed by atoms with Crippen LogP contribution in [0.3, 0.4) is 0 Å². The molecule has 0 saturated carbocycles. The van der Waals surface area contributed by atoms with Gasteiger partial charge in [0.25, 0.3) is 0 Å². The molecule has 1 aliphatic heterocycles. The average molecular weight is 198 g/mol. The molecule has 1 aliphatic rings. The molecule has 1 unspecified atom stereocenters. The zero-order valence-corrected chi connectivity index (χ0v) is 9.29. The monoisotopic (exact) mass is 198 g/mol. The fourth-order valence-electron chi connectivity index (χ4n) is 1.92. The van der Waals surface area contributed by atoms with Gasteiger partial charge >= 0.3 is 0 Å². The highest BCUT2D eigenvalue weighted by molar-refractivity contribution is 4.92. The summed E-state index contributed by atoms with van der Waals surface area (Å²) in [6.45, 7) is 11.3. The minimum absolute atomic E-state index is 0.200. The Morgan fingerprint density at radius 1 is 1.64 bits per heavy atom. The van der Waals surface area contributed by atoms with Crippen LogP contribution < -0.4 is 5.32 Å². The summed E-state index contributed by atoms with van der Waals surface area (Å²) < 4.78 is 0. The molecule has 3 heteroatoms. The van der Waals surface area contributed by atoms with Crippen molar-refractivity contribution in [2.75, 3.05) is 26.2 Å². The smallest absolute Gasteiger partial charge is 0.0597 e. The van der Waals surface area contributed by atoms with Gasteiger partial charge in [0.05, 0.1) is 6.61 Å². The predicted molar refractivity (Wildman–Crippen MR) is 59.3 cm³/mol. The lowest BCUT2D eigenvalue weighted by Crippen LogP contribution is -2.47. The van der Waals surface area contributed by atoms with Gasteiger partial charge in [-0.2, -0.15) is 0 Å². The van der Waals surface area contributed by atoms with Crippen molar-refractivity contribution in [3.8, 4) is 0 Å². The van der Waals surface area contributed by atoms with Crippen molar-refractivity contribution >= 4 is 0 Å². The van der Waals surface area contributed by atoms with Gasteiger partial charge in [0.15, 0.2) is 0 Å². The number of aliphatic hydroxyl groups excluding tert-OH is 1. The molecule has 0 amide bonds. The van der Waals surface area contributed by atoms with Crippen molar-refractivity contribution < 1.29 is 5.11 Å². The van der Waals surface area contributed by atoms with Crippen LogP contribution in [-0.2, 0) is 0 Å². The summed E-state index contributed by atoms with van der Waals surface area (Å²) in [5, 5.41) is 12.5. The molecule has 0 spiro atoms. The molecule has 1 heterocycles. The topological polar surface area (TPSA) is 35.5 Å². The Bertz CT molecular complexity index is 192. The third kappa shape index (κ3) is 2.80. The second-order valence-corrected chi connectivity index (χ2v) is 4.59. The predicted octanol–water partition coefficient (Wildman–Crippen LogP) is 0.607. The van der Waals surface area contributed by atoms with E-state index in [0.717, 1.165) is 26.1 Å². The number of hydrogen-bond donors (Lipinski definition) is 2. The van der Waals surface area contributed by atoms with Crippen molar-refractivity contribution in [3.05, 3.63) is 12.7 Å². The van der Waals surface area contributed by atoms with Gasteiger partial charge in [-0.05, 0) is 26.8 Å². The van der Waals surface area contributed by atoms with E-state index < -0.39 is 0 Å². The quantitative estimate of drug-likeness (QED) is 0.652. The SMILES string of the molecule is C=CCN1CC(CO)NCCC1(C)C. The Morgan fingerprint density at radius 2 is 2.36 bits per heavy atom. The zero-order chi connectivity index (χ0) is 10.6. The van der Waals surface area contributed by atoms with E-state index in [2.05, 4.69) is 30.6 Å². The fourth-order valence-corrected chi connectivity index (χ4v) is 1.92. The van der Waals surface area contributed by atoms with E-state index in [4.69, 9.17) is 5.11 Å². The first-order valence-corrected chi connectivity index (χ1v) is 5.30. The van der Waals surface area contributed by atoms with Crippen LogP contribution in [0.2, 0.25) is 0 Å². The summed E-state index contributed by atoms with van der Waals surface area (Å²) >= 11 is 0. The normalized spacial score (nSPS) is 28.4. The van der Waals surface area contributed by atoms with E-state index in [9.17, 15) is 0 Å². The highest BCUT2D eigenvalue weighted by Crippen LogP contribution is 2.20. The maximum atomic E-state index is 9.16. The molecule has 1 atom stereocenters. The molecule has 0 aliphatic carbocycles. The van der Waals surface area contributed by atoms with Crippen LogP contribution in [0, 0.1) is 0 Å². The molecule has 0 radical (unpaired) electrons. The number of aliphatic hydroxyl groups is 1. The molecule has 0 bridgehead atoms. The van der Waals surface area contributed by atoms with Crippen molar-refractivity contribution in [1.82, 2.24) is 10.2 Å². The Balaban J connectivity index is 2.66. The van der Waals surface area contributed by atoms with Gasteiger partial charge in [-0.25, -0.2) is 0 Å². The zero-order valence-electron chi connectivity index (χ0n) is 9.29. The summed E-state index contributed by atoms with van der Waals surface area (Å²) in [4.78, 5) is 2.38. The maximum Gasteiger partial charge on any atom is 0.0597 e. The van der Waals surface area contributed by atoms with E-state index in [1.54, 1.807) is 0 Å². The molecular formula is C11H22N2O. The van der Waals surface area contributed by atoms with Gasteiger partial charge in [-0.3, -0.25) is 4.90 Å². The molecule has 82 valence electrons. The van der Waals surface area contributed by atoms with Gasteiger partial charge in [0, 0.05) is 24.7 Å². The summed E-state index contributed by atoms with van der Waals surface area (Å²) in [5.74, 6) is 0. The molecular weight excluding hydrogens is 176 g/mol. The number of nitrogens with zero attached hydrogens (tertiary/aromatic N) is 1. The van der Waals surface area contributed by atoms with Crippen LogP contribution in [0.25, 0.3) is 0 Å². The lowest BCUT2D eigenvalue weighted by molar-refractivity contribution is 0.123. The summed E-state index contributed by atoms with van der Waals surface area (Å²) in [6, 6.07) is 0.205. The van der Waals surface area contributed by atoms with Crippen molar-refractivity contribution in [2.45, 2.75) is 31.8 Å². The third-order valence-electron chi connectivity index (χ3n) is 3.04. The van der Waals surface area contributed by atoms with Gasteiger partial charge in [-0.1, -0.05) is 6.08 Å². The van der Waals surface area contributed by atoms with E-state index >= 15 is 0 Å². The van der Waals surface area contributed by atoms with Gasteiger partial charge in [0.2, 0.25) is 0 Å².